The fourth-order valence-electron chi connectivity index (χ4n) is 1.88. The second kappa shape index (κ2) is 6.37. The van der Waals surface area contributed by atoms with Crippen molar-refractivity contribution in [2.45, 2.75) is 12.5 Å². The lowest BCUT2D eigenvalue weighted by Crippen LogP contribution is -2.04. The zero-order valence-electron chi connectivity index (χ0n) is 10.3. The molecule has 0 amide bonds. The quantitative estimate of drug-likeness (QED) is 0.919. The van der Waals surface area contributed by atoms with E-state index in [1.165, 1.54) is 6.20 Å². The van der Waals surface area contributed by atoms with Gasteiger partial charge in [-0.2, -0.15) is 0 Å². The SMILES string of the molecule is COc1ccc(Br)cc1CC(O)c1ccncc1Cl. The molecule has 1 aromatic heterocycles. The van der Waals surface area contributed by atoms with Gasteiger partial charge in [0, 0.05) is 28.9 Å². The number of ether oxygens (including phenoxy) is 1. The van der Waals surface area contributed by atoms with Crippen LogP contribution < -0.4 is 4.74 Å². The molecular formula is C14H13BrClNO2. The van der Waals surface area contributed by atoms with E-state index in [0.717, 1.165) is 15.8 Å². The minimum absolute atomic E-state index is 0.423. The molecule has 0 aliphatic rings. The Hall–Kier alpha value is -1.10. The van der Waals surface area contributed by atoms with Crippen molar-refractivity contribution in [2.24, 2.45) is 0 Å². The maximum absolute atomic E-state index is 10.3. The first kappa shape index (κ1) is 14.3. The molecule has 0 radical (unpaired) electrons. The van der Waals surface area contributed by atoms with Crippen molar-refractivity contribution >= 4 is 27.5 Å². The molecule has 0 saturated heterocycles. The van der Waals surface area contributed by atoms with Crippen molar-refractivity contribution in [3.05, 3.63) is 57.3 Å². The number of aliphatic hydroxyl groups excluding tert-OH is 1. The predicted molar refractivity (Wildman–Crippen MR) is 78.6 cm³/mol. The van der Waals surface area contributed by atoms with Crippen molar-refractivity contribution < 1.29 is 9.84 Å². The van der Waals surface area contributed by atoms with Gasteiger partial charge in [0.05, 0.1) is 18.2 Å². The molecule has 2 aromatic rings. The average molecular weight is 343 g/mol. The van der Waals surface area contributed by atoms with Crippen LogP contribution in [0.1, 0.15) is 17.2 Å². The number of aromatic nitrogens is 1. The van der Waals surface area contributed by atoms with Gasteiger partial charge in [-0.25, -0.2) is 0 Å². The summed E-state index contributed by atoms with van der Waals surface area (Å²) >= 11 is 9.44. The molecule has 0 saturated carbocycles. The maximum atomic E-state index is 10.3. The molecule has 100 valence electrons. The second-order valence-corrected chi connectivity index (χ2v) is 5.40. The van der Waals surface area contributed by atoms with Gasteiger partial charge in [0.1, 0.15) is 5.75 Å². The van der Waals surface area contributed by atoms with Crippen LogP contribution in [0.2, 0.25) is 5.02 Å². The van der Waals surface area contributed by atoms with Gasteiger partial charge >= 0.3 is 0 Å². The van der Waals surface area contributed by atoms with Gasteiger partial charge in [-0.3, -0.25) is 4.98 Å². The number of hydrogen-bond donors (Lipinski definition) is 1. The summed E-state index contributed by atoms with van der Waals surface area (Å²) < 4.78 is 6.23. The normalized spacial score (nSPS) is 12.2. The number of aliphatic hydroxyl groups is 1. The van der Waals surface area contributed by atoms with Crippen LogP contribution in [-0.2, 0) is 6.42 Å². The summed E-state index contributed by atoms with van der Waals surface area (Å²) in [6, 6.07) is 7.41. The van der Waals surface area contributed by atoms with E-state index in [-0.39, 0.29) is 0 Å². The summed E-state index contributed by atoms with van der Waals surface area (Å²) in [5.41, 5.74) is 1.58. The summed E-state index contributed by atoms with van der Waals surface area (Å²) in [6.45, 7) is 0. The number of halogens is 2. The maximum Gasteiger partial charge on any atom is 0.122 e. The fourth-order valence-corrected chi connectivity index (χ4v) is 2.53. The Balaban J connectivity index is 2.26. The minimum atomic E-state index is -0.696. The molecule has 0 fully saturated rings. The number of nitrogens with zero attached hydrogens (tertiary/aromatic N) is 1. The first-order valence-electron chi connectivity index (χ1n) is 5.71. The third kappa shape index (κ3) is 3.47. The molecule has 19 heavy (non-hydrogen) atoms. The first-order valence-corrected chi connectivity index (χ1v) is 6.89. The van der Waals surface area contributed by atoms with Crippen molar-refractivity contribution in [3.63, 3.8) is 0 Å². The number of pyridine rings is 1. The predicted octanol–water partition coefficient (Wildman–Crippen LogP) is 3.78. The molecule has 2 rings (SSSR count). The van der Waals surface area contributed by atoms with Crippen LogP contribution >= 0.6 is 27.5 Å². The van der Waals surface area contributed by atoms with Crippen molar-refractivity contribution in [2.75, 3.05) is 7.11 Å². The Kier molecular flexibility index (Phi) is 4.80. The molecule has 0 bridgehead atoms. The molecule has 1 aromatic carbocycles. The highest BCUT2D eigenvalue weighted by Crippen LogP contribution is 2.30. The van der Waals surface area contributed by atoms with Gasteiger partial charge < -0.3 is 9.84 Å². The van der Waals surface area contributed by atoms with E-state index in [0.29, 0.717) is 17.0 Å². The largest absolute Gasteiger partial charge is 0.496 e. The van der Waals surface area contributed by atoms with Crippen LogP contribution in [0.4, 0.5) is 0 Å². The molecule has 0 aliphatic heterocycles. The van der Waals surface area contributed by atoms with Crippen LogP contribution in [0.3, 0.4) is 0 Å². The highest BCUT2D eigenvalue weighted by molar-refractivity contribution is 9.10. The van der Waals surface area contributed by atoms with Gasteiger partial charge in [0.2, 0.25) is 0 Å². The van der Waals surface area contributed by atoms with Gasteiger partial charge in [0.15, 0.2) is 0 Å². The molecule has 5 heteroatoms. The van der Waals surface area contributed by atoms with Crippen LogP contribution in [0, 0.1) is 0 Å². The molecule has 1 atom stereocenters. The van der Waals surface area contributed by atoms with Crippen LogP contribution in [-0.4, -0.2) is 17.2 Å². The second-order valence-electron chi connectivity index (χ2n) is 4.07. The molecular weight excluding hydrogens is 330 g/mol. The molecule has 1 N–H and O–H groups in total. The Morgan fingerprint density at radius 1 is 1.42 bits per heavy atom. The van der Waals surface area contributed by atoms with Crippen LogP contribution in [0.5, 0.6) is 5.75 Å². The van der Waals surface area contributed by atoms with E-state index in [1.54, 1.807) is 19.4 Å². The Morgan fingerprint density at radius 3 is 2.89 bits per heavy atom. The van der Waals surface area contributed by atoms with Crippen molar-refractivity contribution in [1.29, 1.82) is 0 Å². The van der Waals surface area contributed by atoms with Gasteiger partial charge in [-0.15, -0.1) is 0 Å². The molecule has 3 nitrogen and oxygen atoms in total. The molecule has 0 spiro atoms. The topological polar surface area (TPSA) is 42.4 Å². The lowest BCUT2D eigenvalue weighted by molar-refractivity contribution is 0.177. The third-order valence-corrected chi connectivity index (χ3v) is 3.63. The lowest BCUT2D eigenvalue weighted by atomic mass is 10.0. The first-order chi connectivity index (χ1) is 9.11. The summed E-state index contributed by atoms with van der Waals surface area (Å²) in [4.78, 5) is 3.91. The monoisotopic (exact) mass is 341 g/mol. The number of methoxy groups -OCH3 is 1. The fraction of sp³-hybridized carbons (Fsp3) is 0.214. The van der Waals surface area contributed by atoms with Crippen molar-refractivity contribution in [1.82, 2.24) is 4.98 Å². The average Bonchev–Trinajstić information content (AvgIpc) is 2.39. The zero-order chi connectivity index (χ0) is 13.8. The Labute approximate surface area is 125 Å². The van der Waals surface area contributed by atoms with Gasteiger partial charge in [0.25, 0.3) is 0 Å². The smallest absolute Gasteiger partial charge is 0.122 e. The summed E-state index contributed by atoms with van der Waals surface area (Å²) in [6.07, 6.45) is 2.87. The standard InChI is InChI=1S/C14H13BrClNO2/c1-19-14-3-2-10(15)6-9(14)7-13(18)11-4-5-17-8-12(11)16/h2-6,8,13,18H,7H2,1H3. The van der Waals surface area contributed by atoms with E-state index in [9.17, 15) is 5.11 Å². The number of benzene rings is 1. The van der Waals surface area contributed by atoms with E-state index in [4.69, 9.17) is 16.3 Å². The summed E-state index contributed by atoms with van der Waals surface area (Å²) in [5.74, 6) is 0.743. The summed E-state index contributed by atoms with van der Waals surface area (Å²) in [5, 5.41) is 10.7. The molecule has 1 heterocycles. The Morgan fingerprint density at radius 2 is 2.21 bits per heavy atom. The van der Waals surface area contributed by atoms with Crippen LogP contribution in [0.25, 0.3) is 0 Å². The number of rotatable bonds is 4. The number of hydrogen-bond acceptors (Lipinski definition) is 3. The van der Waals surface area contributed by atoms with Gasteiger partial charge in [-0.05, 0) is 29.8 Å². The zero-order valence-corrected chi connectivity index (χ0v) is 12.6. The van der Waals surface area contributed by atoms with Gasteiger partial charge in [-0.1, -0.05) is 27.5 Å². The van der Waals surface area contributed by atoms with E-state index < -0.39 is 6.10 Å². The lowest BCUT2D eigenvalue weighted by Gasteiger charge is -2.15. The molecule has 1 unspecified atom stereocenters. The van der Waals surface area contributed by atoms with E-state index in [2.05, 4.69) is 20.9 Å². The van der Waals surface area contributed by atoms with E-state index >= 15 is 0 Å². The van der Waals surface area contributed by atoms with E-state index in [1.807, 2.05) is 18.2 Å². The highest BCUT2D eigenvalue weighted by Gasteiger charge is 2.15. The van der Waals surface area contributed by atoms with Crippen LogP contribution in [0.15, 0.2) is 41.1 Å². The Bertz CT molecular complexity index is 577. The third-order valence-electron chi connectivity index (χ3n) is 2.82. The summed E-state index contributed by atoms with van der Waals surface area (Å²) in [7, 11) is 1.61. The highest BCUT2D eigenvalue weighted by atomic mass is 79.9. The van der Waals surface area contributed by atoms with Crippen molar-refractivity contribution in [3.8, 4) is 5.75 Å². The molecule has 0 aliphatic carbocycles. The minimum Gasteiger partial charge on any atom is -0.496 e.